The lowest BCUT2D eigenvalue weighted by atomic mass is 9.96. The largest absolute Gasteiger partial charge is 0.353 e. The molecule has 1 aromatic heterocycles. The molecule has 1 saturated carbocycles. The summed E-state index contributed by atoms with van der Waals surface area (Å²) < 4.78 is 0. The molecule has 1 atom stereocenters. The number of hydrogen-bond donors (Lipinski definition) is 2. The number of aryl methyl sites for hydroxylation is 1. The first-order chi connectivity index (χ1) is 12.6. The first kappa shape index (κ1) is 20.4. The standard InChI is InChI=1S/C21H33N3O2/c1-3-18(19-15-16(2)13-14-22-19)24-21(26)12-11-20(25)23-17-9-7-5-4-6-8-10-17/h13-15,17-18H,3-12H2,1-2H3,(H,23,25)(H,24,26)/t18-/m1/s1. The van der Waals surface area contributed by atoms with Crippen LogP contribution < -0.4 is 10.6 Å². The average Bonchev–Trinajstić information content (AvgIpc) is 2.60. The Morgan fingerprint density at radius 1 is 1.12 bits per heavy atom. The normalized spacial score (nSPS) is 17.0. The molecule has 1 aromatic rings. The lowest BCUT2D eigenvalue weighted by molar-refractivity contribution is -0.127. The van der Waals surface area contributed by atoms with Crippen LogP contribution in [0.25, 0.3) is 0 Å². The Labute approximate surface area is 157 Å². The highest BCUT2D eigenvalue weighted by Gasteiger charge is 2.17. The van der Waals surface area contributed by atoms with Crippen molar-refractivity contribution in [3.05, 3.63) is 29.6 Å². The number of aromatic nitrogens is 1. The molecule has 5 heteroatoms. The third kappa shape index (κ3) is 7.14. The van der Waals surface area contributed by atoms with Gasteiger partial charge in [0, 0.05) is 25.1 Å². The van der Waals surface area contributed by atoms with E-state index in [9.17, 15) is 9.59 Å². The first-order valence-electron chi connectivity index (χ1n) is 10.1. The van der Waals surface area contributed by atoms with Crippen molar-refractivity contribution in [1.82, 2.24) is 15.6 Å². The minimum Gasteiger partial charge on any atom is -0.353 e. The first-order valence-corrected chi connectivity index (χ1v) is 10.1. The van der Waals surface area contributed by atoms with Crippen LogP contribution in [0.15, 0.2) is 18.3 Å². The molecule has 0 spiro atoms. The molecular formula is C21H33N3O2. The molecule has 1 fully saturated rings. The van der Waals surface area contributed by atoms with Crippen LogP contribution in [0.4, 0.5) is 0 Å². The second-order valence-corrected chi connectivity index (χ2v) is 7.40. The van der Waals surface area contributed by atoms with Gasteiger partial charge in [-0.3, -0.25) is 14.6 Å². The maximum atomic E-state index is 12.2. The Bertz CT molecular complexity index is 580. The summed E-state index contributed by atoms with van der Waals surface area (Å²) in [7, 11) is 0. The highest BCUT2D eigenvalue weighted by molar-refractivity contribution is 5.84. The SMILES string of the molecule is CC[C@@H](NC(=O)CCC(=O)NC1CCCCCCC1)c1cc(C)ccn1. The van der Waals surface area contributed by atoms with Crippen molar-refractivity contribution < 1.29 is 9.59 Å². The fourth-order valence-corrected chi connectivity index (χ4v) is 3.53. The Balaban J connectivity index is 1.75. The van der Waals surface area contributed by atoms with Gasteiger partial charge in [-0.2, -0.15) is 0 Å². The molecular weight excluding hydrogens is 326 g/mol. The van der Waals surface area contributed by atoms with Gasteiger partial charge in [-0.15, -0.1) is 0 Å². The molecule has 0 aromatic carbocycles. The van der Waals surface area contributed by atoms with Crippen LogP contribution in [-0.4, -0.2) is 22.8 Å². The molecule has 1 heterocycles. The van der Waals surface area contributed by atoms with E-state index in [0.29, 0.717) is 0 Å². The summed E-state index contributed by atoms with van der Waals surface area (Å²) in [6, 6.07) is 4.12. The number of nitrogens with one attached hydrogen (secondary N) is 2. The predicted octanol–water partition coefficient (Wildman–Crippen LogP) is 3.97. The van der Waals surface area contributed by atoms with E-state index in [2.05, 4.69) is 15.6 Å². The van der Waals surface area contributed by atoms with E-state index in [1.807, 2.05) is 26.0 Å². The molecule has 1 aliphatic carbocycles. The topological polar surface area (TPSA) is 71.1 Å². The fraction of sp³-hybridized carbons (Fsp3) is 0.667. The quantitative estimate of drug-likeness (QED) is 0.774. The Morgan fingerprint density at radius 2 is 1.77 bits per heavy atom. The van der Waals surface area contributed by atoms with Crippen molar-refractivity contribution in [2.75, 3.05) is 0 Å². The van der Waals surface area contributed by atoms with Crippen molar-refractivity contribution in [3.8, 4) is 0 Å². The third-order valence-electron chi connectivity index (χ3n) is 5.09. The number of carbonyl (C=O) groups excluding carboxylic acids is 2. The van der Waals surface area contributed by atoms with Crippen LogP contribution in [0.1, 0.15) is 88.4 Å². The zero-order chi connectivity index (χ0) is 18.8. The minimum absolute atomic E-state index is 0.00699. The highest BCUT2D eigenvalue weighted by atomic mass is 16.2. The van der Waals surface area contributed by atoms with E-state index in [0.717, 1.165) is 30.5 Å². The monoisotopic (exact) mass is 359 g/mol. The van der Waals surface area contributed by atoms with Gasteiger partial charge in [0.25, 0.3) is 0 Å². The van der Waals surface area contributed by atoms with Crippen LogP contribution >= 0.6 is 0 Å². The zero-order valence-electron chi connectivity index (χ0n) is 16.2. The lowest BCUT2D eigenvalue weighted by Crippen LogP contribution is -2.36. The molecule has 26 heavy (non-hydrogen) atoms. The van der Waals surface area contributed by atoms with Gasteiger partial charge in [0.2, 0.25) is 11.8 Å². The summed E-state index contributed by atoms with van der Waals surface area (Å²) in [5.74, 6) is -0.0968. The summed E-state index contributed by atoms with van der Waals surface area (Å²) in [5.41, 5.74) is 2.00. The van der Waals surface area contributed by atoms with Crippen molar-refractivity contribution in [2.45, 2.75) is 90.1 Å². The number of nitrogens with zero attached hydrogens (tertiary/aromatic N) is 1. The molecule has 144 valence electrons. The van der Waals surface area contributed by atoms with Crippen molar-refractivity contribution in [1.29, 1.82) is 0 Å². The van der Waals surface area contributed by atoms with Gasteiger partial charge in [-0.25, -0.2) is 0 Å². The Hall–Kier alpha value is -1.91. The van der Waals surface area contributed by atoms with Gasteiger partial charge in [-0.05, 0) is 43.9 Å². The van der Waals surface area contributed by atoms with Gasteiger partial charge in [0.1, 0.15) is 0 Å². The van der Waals surface area contributed by atoms with Crippen LogP contribution in [-0.2, 0) is 9.59 Å². The molecule has 5 nitrogen and oxygen atoms in total. The van der Waals surface area contributed by atoms with Gasteiger partial charge in [0.05, 0.1) is 11.7 Å². The van der Waals surface area contributed by atoms with E-state index in [4.69, 9.17) is 0 Å². The summed E-state index contributed by atoms with van der Waals surface area (Å²) in [4.78, 5) is 28.8. The molecule has 0 radical (unpaired) electrons. The van der Waals surface area contributed by atoms with Crippen molar-refractivity contribution in [2.24, 2.45) is 0 Å². The summed E-state index contributed by atoms with van der Waals surface area (Å²) in [6.45, 7) is 4.04. The van der Waals surface area contributed by atoms with Crippen LogP contribution in [0.5, 0.6) is 0 Å². The molecule has 0 aliphatic heterocycles. The summed E-state index contributed by atoms with van der Waals surface area (Å²) in [6.07, 6.45) is 11.4. The average molecular weight is 360 g/mol. The summed E-state index contributed by atoms with van der Waals surface area (Å²) in [5, 5.41) is 6.12. The lowest BCUT2D eigenvalue weighted by Gasteiger charge is -2.21. The van der Waals surface area contributed by atoms with E-state index in [-0.39, 0.29) is 36.7 Å². The molecule has 2 N–H and O–H groups in total. The Morgan fingerprint density at radius 3 is 2.42 bits per heavy atom. The number of carbonyl (C=O) groups is 2. The fourth-order valence-electron chi connectivity index (χ4n) is 3.53. The van der Waals surface area contributed by atoms with Crippen molar-refractivity contribution in [3.63, 3.8) is 0 Å². The molecule has 0 unspecified atom stereocenters. The molecule has 1 aliphatic rings. The van der Waals surface area contributed by atoms with Crippen LogP contribution in [0.2, 0.25) is 0 Å². The second-order valence-electron chi connectivity index (χ2n) is 7.40. The van der Waals surface area contributed by atoms with Gasteiger partial charge < -0.3 is 10.6 Å². The minimum atomic E-state index is -0.101. The van der Waals surface area contributed by atoms with Gasteiger partial charge in [0.15, 0.2) is 0 Å². The number of rotatable bonds is 7. The molecule has 2 rings (SSSR count). The highest BCUT2D eigenvalue weighted by Crippen LogP contribution is 2.18. The third-order valence-corrected chi connectivity index (χ3v) is 5.09. The number of amides is 2. The van der Waals surface area contributed by atoms with Crippen molar-refractivity contribution >= 4 is 11.8 Å². The van der Waals surface area contributed by atoms with Crippen LogP contribution in [0, 0.1) is 6.92 Å². The van der Waals surface area contributed by atoms with Crippen LogP contribution in [0.3, 0.4) is 0 Å². The maximum Gasteiger partial charge on any atom is 0.221 e. The van der Waals surface area contributed by atoms with E-state index in [1.165, 1.54) is 32.1 Å². The summed E-state index contributed by atoms with van der Waals surface area (Å²) >= 11 is 0. The van der Waals surface area contributed by atoms with E-state index < -0.39 is 0 Å². The molecule has 0 saturated heterocycles. The van der Waals surface area contributed by atoms with Gasteiger partial charge >= 0.3 is 0 Å². The zero-order valence-corrected chi connectivity index (χ0v) is 16.2. The smallest absolute Gasteiger partial charge is 0.221 e. The Kier molecular flexibility index (Phi) is 8.59. The van der Waals surface area contributed by atoms with E-state index in [1.54, 1.807) is 6.20 Å². The van der Waals surface area contributed by atoms with Gasteiger partial charge in [-0.1, -0.05) is 39.0 Å². The maximum absolute atomic E-state index is 12.2. The molecule has 0 bridgehead atoms. The number of hydrogen-bond acceptors (Lipinski definition) is 3. The molecule has 2 amide bonds. The number of pyridine rings is 1. The predicted molar refractivity (Wildman–Crippen MR) is 104 cm³/mol. The van der Waals surface area contributed by atoms with E-state index >= 15 is 0 Å². The second kappa shape index (κ2) is 10.9.